The van der Waals surface area contributed by atoms with Crippen LogP contribution >= 0.6 is 0 Å². The zero-order valence-electron chi connectivity index (χ0n) is 11.1. The molecule has 4 N–H and O–H groups in total. The molecule has 1 heterocycles. The van der Waals surface area contributed by atoms with Crippen LogP contribution in [0.15, 0.2) is 24.4 Å². The van der Waals surface area contributed by atoms with Gasteiger partial charge in [-0.25, -0.2) is 0 Å². The molecule has 4 heteroatoms. The summed E-state index contributed by atoms with van der Waals surface area (Å²) in [6.07, 6.45) is 4.90. The molecule has 0 aliphatic heterocycles. The van der Waals surface area contributed by atoms with E-state index in [0.29, 0.717) is 6.04 Å². The number of nitrogens with two attached hydrogens (primary N) is 2. The fourth-order valence-corrected chi connectivity index (χ4v) is 2.87. The third-order valence-corrected chi connectivity index (χ3v) is 3.77. The molecule has 1 saturated carbocycles. The van der Waals surface area contributed by atoms with Gasteiger partial charge in [-0.1, -0.05) is 13.0 Å². The van der Waals surface area contributed by atoms with Crippen LogP contribution in [-0.2, 0) is 6.54 Å². The molecule has 1 fully saturated rings. The molecular weight excluding hydrogens is 224 g/mol. The Morgan fingerprint density at radius 1 is 1.22 bits per heavy atom. The average Bonchev–Trinajstić information content (AvgIpc) is 2.36. The maximum atomic E-state index is 6.08. The van der Waals surface area contributed by atoms with Crippen molar-refractivity contribution in [2.24, 2.45) is 11.5 Å². The number of pyridine rings is 1. The maximum absolute atomic E-state index is 6.08. The highest BCUT2D eigenvalue weighted by atomic mass is 15.2. The van der Waals surface area contributed by atoms with Crippen molar-refractivity contribution in [2.45, 2.75) is 50.9 Å². The van der Waals surface area contributed by atoms with E-state index >= 15 is 0 Å². The monoisotopic (exact) mass is 248 g/mol. The number of hydrogen-bond acceptors (Lipinski definition) is 4. The normalized spacial score (nSPS) is 28.6. The Morgan fingerprint density at radius 2 is 1.94 bits per heavy atom. The fourth-order valence-electron chi connectivity index (χ4n) is 2.87. The molecule has 1 aliphatic carbocycles. The smallest absolute Gasteiger partial charge is 0.0544 e. The van der Waals surface area contributed by atoms with Crippen LogP contribution in [0.4, 0.5) is 0 Å². The SMILES string of the molecule is CCN(Cc1ccccn1)C1C[C@@H](N)C[C@@H](N)C1. The molecule has 4 nitrogen and oxygen atoms in total. The van der Waals surface area contributed by atoms with Gasteiger partial charge in [0.15, 0.2) is 0 Å². The van der Waals surface area contributed by atoms with Crippen molar-refractivity contribution < 1.29 is 0 Å². The topological polar surface area (TPSA) is 68.2 Å². The van der Waals surface area contributed by atoms with Crippen molar-refractivity contribution in [1.82, 2.24) is 9.88 Å². The summed E-state index contributed by atoms with van der Waals surface area (Å²) in [4.78, 5) is 6.84. The van der Waals surface area contributed by atoms with E-state index in [0.717, 1.165) is 38.0 Å². The third-order valence-electron chi connectivity index (χ3n) is 3.77. The molecule has 0 radical (unpaired) electrons. The highest BCUT2D eigenvalue weighted by molar-refractivity contribution is 5.04. The van der Waals surface area contributed by atoms with Crippen LogP contribution in [0.1, 0.15) is 31.9 Å². The lowest BCUT2D eigenvalue weighted by atomic mass is 9.87. The largest absolute Gasteiger partial charge is 0.328 e. The first-order valence-electron chi connectivity index (χ1n) is 6.84. The van der Waals surface area contributed by atoms with E-state index in [9.17, 15) is 0 Å². The molecule has 0 bridgehead atoms. The molecular formula is C14H24N4. The minimum absolute atomic E-state index is 0.247. The van der Waals surface area contributed by atoms with Gasteiger partial charge < -0.3 is 11.5 Å². The molecule has 18 heavy (non-hydrogen) atoms. The van der Waals surface area contributed by atoms with Crippen molar-refractivity contribution in [3.63, 3.8) is 0 Å². The Labute approximate surface area is 109 Å². The molecule has 0 aromatic carbocycles. The Morgan fingerprint density at radius 3 is 2.50 bits per heavy atom. The molecule has 0 spiro atoms. The van der Waals surface area contributed by atoms with Gasteiger partial charge in [-0.3, -0.25) is 9.88 Å². The van der Waals surface area contributed by atoms with Gasteiger partial charge >= 0.3 is 0 Å². The van der Waals surface area contributed by atoms with Crippen molar-refractivity contribution in [2.75, 3.05) is 6.54 Å². The first kappa shape index (κ1) is 13.5. The van der Waals surface area contributed by atoms with Gasteiger partial charge in [0.05, 0.1) is 5.69 Å². The summed E-state index contributed by atoms with van der Waals surface area (Å²) in [5.41, 5.74) is 13.3. The molecule has 2 rings (SSSR count). The summed E-state index contributed by atoms with van der Waals surface area (Å²) in [7, 11) is 0. The lowest BCUT2D eigenvalue weighted by Crippen LogP contribution is -2.48. The first-order chi connectivity index (χ1) is 8.69. The van der Waals surface area contributed by atoms with Crippen LogP contribution in [0.5, 0.6) is 0 Å². The number of hydrogen-bond donors (Lipinski definition) is 2. The van der Waals surface area contributed by atoms with Gasteiger partial charge in [-0.2, -0.15) is 0 Å². The molecule has 1 aromatic rings. The van der Waals surface area contributed by atoms with Crippen LogP contribution in [-0.4, -0.2) is 34.6 Å². The van der Waals surface area contributed by atoms with Crippen LogP contribution in [0, 0.1) is 0 Å². The quantitative estimate of drug-likeness (QED) is 0.837. The highest BCUT2D eigenvalue weighted by Gasteiger charge is 2.28. The van der Waals surface area contributed by atoms with Gasteiger partial charge in [0.25, 0.3) is 0 Å². The van der Waals surface area contributed by atoms with E-state index in [2.05, 4.69) is 22.9 Å². The van der Waals surface area contributed by atoms with Crippen LogP contribution < -0.4 is 11.5 Å². The third kappa shape index (κ3) is 3.51. The van der Waals surface area contributed by atoms with E-state index in [1.807, 2.05) is 18.3 Å². The summed E-state index contributed by atoms with van der Waals surface area (Å²) >= 11 is 0. The number of rotatable bonds is 4. The zero-order valence-corrected chi connectivity index (χ0v) is 11.1. The summed E-state index contributed by atoms with van der Waals surface area (Å²) in [6.45, 7) is 4.09. The van der Waals surface area contributed by atoms with Gasteiger partial charge in [-0.15, -0.1) is 0 Å². The van der Waals surface area contributed by atoms with Gasteiger partial charge in [0, 0.05) is 30.9 Å². The van der Waals surface area contributed by atoms with E-state index in [1.54, 1.807) is 0 Å². The number of aromatic nitrogens is 1. The van der Waals surface area contributed by atoms with Crippen molar-refractivity contribution in [1.29, 1.82) is 0 Å². The Hall–Kier alpha value is -0.970. The van der Waals surface area contributed by atoms with Crippen molar-refractivity contribution >= 4 is 0 Å². The van der Waals surface area contributed by atoms with Crippen LogP contribution in [0.25, 0.3) is 0 Å². The van der Waals surface area contributed by atoms with Crippen LogP contribution in [0.3, 0.4) is 0 Å². The standard InChI is InChI=1S/C14H24N4/c1-2-18(10-13-5-3-4-6-17-13)14-8-11(15)7-12(16)9-14/h3-6,11-12,14H,2,7-10,15-16H2,1H3/t11-,12+,14?. The van der Waals surface area contributed by atoms with E-state index < -0.39 is 0 Å². The molecule has 1 aliphatic rings. The van der Waals surface area contributed by atoms with E-state index in [4.69, 9.17) is 11.5 Å². The second-order valence-corrected chi connectivity index (χ2v) is 5.27. The summed E-state index contributed by atoms with van der Waals surface area (Å²) in [6, 6.07) is 7.05. The molecule has 0 saturated heterocycles. The second kappa shape index (κ2) is 6.27. The first-order valence-corrected chi connectivity index (χ1v) is 6.84. The molecule has 100 valence electrons. The summed E-state index contributed by atoms with van der Waals surface area (Å²) in [5, 5.41) is 0. The molecule has 1 unspecified atom stereocenters. The lowest BCUT2D eigenvalue weighted by Gasteiger charge is -2.38. The summed E-state index contributed by atoms with van der Waals surface area (Å²) in [5.74, 6) is 0. The summed E-state index contributed by atoms with van der Waals surface area (Å²) < 4.78 is 0. The predicted molar refractivity (Wildman–Crippen MR) is 73.9 cm³/mol. The van der Waals surface area contributed by atoms with Gasteiger partial charge in [-0.05, 0) is 37.9 Å². The van der Waals surface area contributed by atoms with Gasteiger partial charge in [0.2, 0.25) is 0 Å². The zero-order chi connectivity index (χ0) is 13.0. The molecule has 0 amide bonds. The van der Waals surface area contributed by atoms with Crippen molar-refractivity contribution in [3.05, 3.63) is 30.1 Å². The Kier molecular flexibility index (Phi) is 4.69. The minimum Gasteiger partial charge on any atom is -0.328 e. The maximum Gasteiger partial charge on any atom is 0.0544 e. The Balaban J connectivity index is 2.00. The fraction of sp³-hybridized carbons (Fsp3) is 0.643. The van der Waals surface area contributed by atoms with Gasteiger partial charge in [0.1, 0.15) is 0 Å². The molecule has 1 aromatic heterocycles. The predicted octanol–water partition coefficient (Wildman–Crippen LogP) is 1.11. The molecule has 3 atom stereocenters. The van der Waals surface area contributed by atoms with E-state index in [-0.39, 0.29) is 12.1 Å². The second-order valence-electron chi connectivity index (χ2n) is 5.27. The average molecular weight is 248 g/mol. The Bertz CT molecular complexity index is 344. The number of nitrogens with zero attached hydrogens (tertiary/aromatic N) is 2. The highest BCUT2D eigenvalue weighted by Crippen LogP contribution is 2.22. The van der Waals surface area contributed by atoms with Crippen LogP contribution in [0.2, 0.25) is 0 Å². The van der Waals surface area contributed by atoms with Crippen molar-refractivity contribution in [3.8, 4) is 0 Å². The lowest BCUT2D eigenvalue weighted by molar-refractivity contribution is 0.136. The van der Waals surface area contributed by atoms with E-state index in [1.165, 1.54) is 0 Å². The minimum atomic E-state index is 0.247.